The lowest BCUT2D eigenvalue weighted by Crippen LogP contribution is -2.32. The van der Waals surface area contributed by atoms with E-state index >= 15 is 0 Å². The molecular weight excluding hydrogens is 440 g/mol. The van der Waals surface area contributed by atoms with Gasteiger partial charge in [-0.1, -0.05) is 17.7 Å². The number of alkyl halides is 2. The molecule has 0 saturated heterocycles. The summed E-state index contributed by atoms with van der Waals surface area (Å²) < 4.78 is 33.1. The molecule has 0 amide bonds. The van der Waals surface area contributed by atoms with E-state index in [9.17, 15) is 13.6 Å². The first-order valence-electron chi connectivity index (χ1n) is 9.55. The Bertz CT molecular complexity index is 1320. The highest BCUT2D eigenvalue weighted by Crippen LogP contribution is 2.29. The van der Waals surface area contributed by atoms with E-state index in [2.05, 4.69) is 5.32 Å². The molecule has 1 aliphatic rings. The minimum atomic E-state index is -2.62. The van der Waals surface area contributed by atoms with Crippen LogP contribution < -0.4 is 16.4 Å². The Hall–Kier alpha value is -3.56. The molecule has 7 nitrogen and oxygen atoms in total. The molecule has 1 unspecified atom stereocenters. The maximum Gasteiger partial charge on any atom is 0.264 e. The second-order valence-electron chi connectivity index (χ2n) is 6.97. The first-order valence-corrected chi connectivity index (χ1v) is 9.93. The monoisotopic (exact) mass is 457 g/mol. The van der Waals surface area contributed by atoms with Crippen molar-refractivity contribution >= 4 is 29.8 Å². The molecule has 0 saturated carbocycles. The van der Waals surface area contributed by atoms with Crippen molar-refractivity contribution in [1.82, 2.24) is 9.13 Å². The van der Waals surface area contributed by atoms with Gasteiger partial charge in [0.25, 0.3) is 12.0 Å². The number of nitrogens with one attached hydrogen (secondary N) is 3. The summed E-state index contributed by atoms with van der Waals surface area (Å²) in [5, 5.41) is 18.8. The van der Waals surface area contributed by atoms with Gasteiger partial charge < -0.3 is 10.1 Å². The zero-order valence-corrected chi connectivity index (χ0v) is 17.3. The first kappa shape index (κ1) is 21.7. The van der Waals surface area contributed by atoms with Crippen LogP contribution >= 0.6 is 11.6 Å². The molecule has 4 rings (SSSR count). The summed E-state index contributed by atoms with van der Waals surface area (Å²) in [5.41, 5.74) is 1.74. The van der Waals surface area contributed by atoms with E-state index < -0.39 is 19.3 Å². The molecule has 10 heteroatoms. The highest BCUT2D eigenvalue weighted by atomic mass is 35.5. The smallest absolute Gasteiger partial charge is 0.264 e. The Balaban J connectivity index is 1.90. The fourth-order valence-electron chi connectivity index (χ4n) is 3.39. The maximum absolute atomic E-state index is 13.6. The van der Waals surface area contributed by atoms with Gasteiger partial charge in [0.05, 0.1) is 12.0 Å². The van der Waals surface area contributed by atoms with E-state index in [0.29, 0.717) is 33.2 Å². The van der Waals surface area contributed by atoms with Crippen molar-refractivity contribution in [2.24, 2.45) is 0 Å². The molecule has 0 bridgehead atoms. The average molecular weight is 458 g/mol. The number of ether oxygens (including phenoxy) is 1. The molecule has 0 fully saturated rings. The molecule has 3 aromatic rings. The number of hydrogen-bond acceptors (Lipinski definition) is 5. The van der Waals surface area contributed by atoms with Crippen molar-refractivity contribution in [3.05, 3.63) is 81.2 Å². The van der Waals surface area contributed by atoms with Gasteiger partial charge >= 0.3 is 0 Å². The van der Waals surface area contributed by atoms with E-state index in [0.717, 1.165) is 6.34 Å². The van der Waals surface area contributed by atoms with Crippen LogP contribution in [0.3, 0.4) is 0 Å². The molecule has 3 heterocycles. The van der Waals surface area contributed by atoms with Gasteiger partial charge in [0.2, 0.25) is 0 Å². The maximum atomic E-state index is 13.6. The minimum Gasteiger partial charge on any atom is -0.349 e. The topological polar surface area (TPSA) is 95.9 Å². The number of benzene rings is 1. The third-order valence-electron chi connectivity index (χ3n) is 4.87. The molecular formula is C22H18ClF2N5O2. The van der Waals surface area contributed by atoms with Crippen molar-refractivity contribution in [3.63, 3.8) is 0 Å². The Morgan fingerprint density at radius 2 is 1.97 bits per heavy atom. The minimum absolute atomic E-state index is 0.0975. The number of aromatic nitrogens is 2. The van der Waals surface area contributed by atoms with Crippen molar-refractivity contribution in [2.45, 2.75) is 12.7 Å². The Morgan fingerprint density at radius 1 is 1.22 bits per heavy atom. The predicted octanol–water partition coefficient (Wildman–Crippen LogP) is 3.94. The van der Waals surface area contributed by atoms with Crippen LogP contribution in [0.25, 0.3) is 22.9 Å². The van der Waals surface area contributed by atoms with Gasteiger partial charge in [-0.15, -0.1) is 0 Å². The summed E-state index contributed by atoms with van der Waals surface area (Å²) >= 11 is 6.00. The van der Waals surface area contributed by atoms with E-state index in [1.165, 1.54) is 21.4 Å². The van der Waals surface area contributed by atoms with Gasteiger partial charge in [-0.25, -0.2) is 8.78 Å². The standard InChI is InChI=1S/C22H18ClF2N5O2/c23-15-3-5-16(6-4-15)30-21-13(2-8-20(28-21)32-11-18(24)25)9-17(22(30)31)14-1-7-19(27)29(10-14)12-26/h1-10,12,18,20,26-28H,11H2. The SMILES string of the molecule is N=Cn1cc(-c2cc3c(n(-c4ccc(Cl)cc4)c2=O)NC(OCC(F)F)C=C3)ccc1=N. The third-order valence-corrected chi connectivity index (χ3v) is 5.13. The van der Waals surface area contributed by atoms with E-state index in [1.54, 1.807) is 48.6 Å². The van der Waals surface area contributed by atoms with E-state index in [1.807, 2.05) is 0 Å². The normalized spacial score (nSPS) is 14.8. The van der Waals surface area contributed by atoms with Crippen molar-refractivity contribution in [2.75, 3.05) is 11.9 Å². The molecule has 1 aromatic carbocycles. The summed E-state index contributed by atoms with van der Waals surface area (Å²) in [7, 11) is 0. The highest BCUT2D eigenvalue weighted by Gasteiger charge is 2.22. The van der Waals surface area contributed by atoms with Crippen LogP contribution in [0, 0.1) is 10.8 Å². The zero-order chi connectivity index (χ0) is 22.8. The lowest BCUT2D eigenvalue weighted by atomic mass is 10.0. The highest BCUT2D eigenvalue weighted by molar-refractivity contribution is 6.30. The molecule has 2 aromatic heterocycles. The van der Waals surface area contributed by atoms with Crippen LogP contribution in [0.1, 0.15) is 5.56 Å². The first-order chi connectivity index (χ1) is 15.4. The number of halogens is 3. The number of hydrogen-bond donors (Lipinski definition) is 3. The lowest BCUT2D eigenvalue weighted by Gasteiger charge is -2.26. The molecule has 0 radical (unpaired) electrons. The molecule has 3 N–H and O–H groups in total. The van der Waals surface area contributed by atoms with E-state index in [-0.39, 0.29) is 11.0 Å². The number of rotatable bonds is 6. The largest absolute Gasteiger partial charge is 0.349 e. The van der Waals surface area contributed by atoms with Crippen molar-refractivity contribution < 1.29 is 13.5 Å². The number of nitrogens with zero attached hydrogens (tertiary/aromatic N) is 2. The summed E-state index contributed by atoms with van der Waals surface area (Å²) in [5.74, 6) is 0.389. The zero-order valence-electron chi connectivity index (χ0n) is 16.6. The average Bonchev–Trinajstić information content (AvgIpc) is 2.78. The number of pyridine rings is 2. The van der Waals surface area contributed by atoms with Crippen LogP contribution in [-0.2, 0) is 4.74 Å². The Morgan fingerprint density at radius 3 is 2.66 bits per heavy atom. The van der Waals surface area contributed by atoms with E-state index in [4.69, 9.17) is 27.2 Å². The second kappa shape index (κ2) is 8.89. The summed E-state index contributed by atoms with van der Waals surface area (Å²) in [4.78, 5) is 13.6. The Labute approximate surface area is 186 Å². The van der Waals surface area contributed by atoms with Crippen LogP contribution in [0.5, 0.6) is 0 Å². The van der Waals surface area contributed by atoms with Gasteiger partial charge in [0.15, 0.2) is 0 Å². The van der Waals surface area contributed by atoms with Crippen LogP contribution in [-0.4, -0.2) is 34.7 Å². The van der Waals surface area contributed by atoms with Crippen LogP contribution in [0.4, 0.5) is 14.6 Å². The van der Waals surface area contributed by atoms with Gasteiger partial charge in [0.1, 0.15) is 24.1 Å². The quantitative estimate of drug-likeness (QED) is 0.386. The molecule has 1 aliphatic heterocycles. The Kier molecular flexibility index (Phi) is 6.02. The molecule has 1 atom stereocenters. The second-order valence-corrected chi connectivity index (χ2v) is 7.40. The van der Waals surface area contributed by atoms with Gasteiger partial charge in [-0.05, 0) is 48.5 Å². The van der Waals surface area contributed by atoms with Crippen molar-refractivity contribution in [1.29, 1.82) is 10.8 Å². The van der Waals surface area contributed by atoms with Gasteiger partial charge in [-0.3, -0.25) is 24.7 Å². The predicted molar refractivity (Wildman–Crippen MR) is 119 cm³/mol. The third kappa shape index (κ3) is 4.25. The fourth-order valence-corrected chi connectivity index (χ4v) is 3.51. The fraction of sp³-hybridized carbons (Fsp3) is 0.136. The van der Waals surface area contributed by atoms with Gasteiger partial charge in [0, 0.05) is 27.9 Å². The number of anilines is 1. The molecule has 0 spiro atoms. The number of fused-ring (bicyclic) bond motifs is 1. The molecule has 0 aliphatic carbocycles. The van der Waals surface area contributed by atoms with Crippen LogP contribution in [0.15, 0.2) is 59.5 Å². The van der Waals surface area contributed by atoms with Crippen molar-refractivity contribution in [3.8, 4) is 16.8 Å². The molecule has 164 valence electrons. The summed E-state index contributed by atoms with van der Waals surface area (Å²) in [6.45, 7) is -0.746. The van der Waals surface area contributed by atoms with Crippen LogP contribution in [0.2, 0.25) is 5.02 Å². The summed E-state index contributed by atoms with van der Waals surface area (Å²) in [6.07, 6.45) is 2.35. The molecule has 32 heavy (non-hydrogen) atoms. The lowest BCUT2D eigenvalue weighted by molar-refractivity contribution is 0.00179. The van der Waals surface area contributed by atoms with Gasteiger partial charge in [-0.2, -0.15) is 0 Å². The summed E-state index contributed by atoms with van der Waals surface area (Å²) in [6, 6.07) is 11.4.